The Balaban J connectivity index is 1.95. The first kappa shape index (κ1) is 12.0. The number of hydrogen-bond donors (Lipinski definition) is 1. The van der Waals surface area contributed by atoms with Crippen LogP contribution in [0.15, 0.2) is 24.3 Å². The number of likely N-dealkylation sites (tertiary alicyclic amines) is 1. The van der Waals surface area contributed by atoms with Crippen molar-refractivity contribution in [3.63, 3.8) is 0 Å². The minimum Gasteiger partial charge on any atom is -0.380 e. The molecule has 1 saturated heterocycles. The van der Waals surface area contributed by atoms with Gasteiger partial charge in [0, 0.05) is 31.7 Å². The fraction of sp³-hybridized carbons (Fsp3) is 0.500. The van der Waals surface area contributed by atoms with Gasteiger partial charge in [-0.05, 0) is 30.5 Å². The molecule has 0 spiro atoms. The highest BCUT2D eigenvalue weighted by atomic mass is 16.2. The summed E-state index contributed by atoms with van der Waals surface area (Å²) in [6.45, 7) is 5.50. The van der Waals surface area contributed by atoms with Crippen molar-refractivity contribution in [3.8, 4) is 0 Å². The third-order valence-electron chi connectivity index (χ3n) is 3.34. The summed E-state index contributed by atoms with van der Waals surface area (Å²) in [5.41, 5.74) is 2.51. The van der Waals surface area contributed by atoms with Gasteiger partial charge in [0.2, 0.25) is 5.91 Å². The van der Waals surface area contributed by atoms with E-state index in [1.807, 2.05) is 4.90 Å². The summed E-state index contributed by atoms with van der Waals surface area (Å²) in [6, 6.07) is 8.90. The third-order valence-corrected chi connectivity index (χ3v) is 3.34. The zero-order valence-corrected chi connectivity index (χ0v) is 10.6. The molecular formula is C14H20N2O. The molecule has 1 heterocycles. The van der Waals surface area contributed by atoms with Crippen molar-refractivity contribution in [1.82, 2.24) is 4.90 Å². The Hall–Kier alpha value is -1.51. The van der Waals surface area contributed by atoms with Crippen LogP contribution in [-0.4, -0.2) is 29.9 Å². The maximum absolute atomic E-state index is 11.2. The van der Waals surface area contributed by atoms with Gasteiger partial charge in [-0.25, -0.2) is 0 Å². The lowest BCUT2D eigenvalue weighted by atomic mass is 10.1. The van der Waals surface area contributed by atoms with Gasteiger partial charge < -0.3 is 10.2 Å². The lowest BCUT2D eigenvalue weighted by Crippen LogP contribution is -2.29. The lowest BCUT2D eigenvalue weighted by Gasteiger charge is -2.16. The van der Waals surface area contributed by atoms with Crippen LogP contribution >= 0.6 is 0 Å². The molecular weight excluding hydrogens is 212 g/mol. The van der Waals surface area contributed by atoms with E-state index in [-0.39, 0.29) is 5.91 Å². The van der Waals surface area contributed by atoms with Crippen molar-refractivity contribution in [2.24, 2.45) is 0 Å². The van der Waals surface area contributed by atoms with Crippen molar-refractivity contribution in [2.45, 2.75) is 32.7 Å². The van der Waals surface area contributed by atoms with E-state index in [9.17, 15) is 4.79 Å². The third kappa shape index (κ3) is 2.99. The first-order chi connectivity index (χ1) is 8.19. The minimum atomic E-state index is 0.177. The SMILES string of the molecule is CCc1cccc(N[C@@H]2CCN(C(C)=O)C2)c1. The van der Waals surface area contributed by atoms with Gasteiger partial charge in [0.25, 0.3) is 0 Å². The largest absolute Gasteiger partial charge is 0.380 e. The highest BCUT2D eigenvalue weighted by Gasteiger charge is 2.23. The highest BCUT2D eigenvalue weighted by molar-refractivity contribution is 5.73. The van der Waals surface area contributed by atoms with Crippen LogP contribution in [0, 0.1) is 0 Å². The summed E-state index contributed by atoms with van der Waals surface area (Å²) >= 11 is 0. The molecule has 1 N–H and O–H groups in total. The topological polar surface area (TPSA) is 32.3 Å². The second-order valence-electron chi connectivity index (χ2n) is 4.65. The number of hydrogen-bond acceptors (Lipinski definition) is 2. The number of nitrogens with zero attached hydrogens (tertiary/aromatic N) is 1. The predicted molar refractivity (Wildman–Crippen MR) is 70.1 cm³/mol. The van der Waals surface area contributed by atoms with Crippen molar-refractivity contribution in [3.05, 3.63) is 29.8 Å². The van der Waals surface area contributed by atoms with Crippen molar-refractivity contribution >= 4 is 11.6 Å². The maximum atomic E-state index is 11.2. The Morgan fingerprint density at radius 3 is 3.00 bits per heavy atom. The molecule has 0 aromatic heterocycles. The molecule has 0 saturated carbocycles. The summed E-state index contributed by atoms with van der Waals surface area (Å²) in [6.07, 6.45) is 2.09. The van der Waals surface area contributed by atoms with Crippen LogP contribution in [0.1, 0.15) is 25.8 Å². The minimum absolute atomic E-state index is 0.177. The zero-order chi connectivity index (χ0) is 12.3. The fourth-order valence-corrected chi connectivity index (χ4v) is 2.28. The molecule has 17 heavy (non-hydrogen) atoms. The maximum Gasteiger partial charge on any atom is 0.219 e. The number of rotatable bonds is 3. The summed E-state index contributed by atoms with van der Waals surface area (Å²) in [4.78, 5) is 13.1. The predicted octanol–water partition coefficient (Wildman–Crippen LogP) is 2.28. The molecule has 1 aromatic carbocycles. The second kappa shape index (κ2) is 5.21. The molecule has 1 aliphatic heterocycles. The standard InChI is InChI=1S/C14H20N2O/c1-3-12-5-4-6-13(9-12)15-14-7-8-16(10-14)11(2)17/h4-6,9,14-15H,3,7-8,10H2,1-2H3/t14-/m1/s1. The molecule has 1 atom stereocenters. The molecule has 0 bridgehead atoms. The molecule has 92 valence electrons. The number of amides is 1. The van der Waals surface area contributed by atoms with Gasteiger partial charge in [-0.3, -0.25) is 4.79 Å². The summed E-state index contributed by atoms with van der Waals surface area (Å²) in [5, 5.41) is 3.51. The number of carbonyl (C=O) groups excluding carboxylic acids is 1. The first-order valence-corrected chi connectivity index (χ1v) is 6.30. The second-order valence-corrected chi connectivity index (χ2v) is 4.65. The van der Waals surface area contributed by atoms with Crippen LogP contribution in [-0.2, 0) is 11.2 Å². The zero-order valence-electron chi connectivity index (χ0n) is 10.6. The van der Waals surface area contributed by atoms with Crippen molar-refractivity contribution in [2.75, 3.05) is 18.4 Å². The molecule has 0 aliphatic carbocycles. The van der Waals surface area contributed by atoms with Crippen LogP contribution in [0.4, 0.5) is 5.69 Å². The van der Waals surface area contributed by atoms with E-state index in [0.29, 0.717) is 6.04 Å². The van der Waals surface area contributed by atoms with E-state index in [1.165, 1.54) is 11.3 Å². The Morgan fingerprint density at radius 2 is 2.35 bits per heavy atom. The monoisotopic (exact) mass is 232 g/mol. The molecule has 2 rings (SSSR count). The Kier molecular flexibility index (Phi) is 3.67. The summed E-state index contributed by atoms with van der Waals surface area (Å²) in [7, 11) is 0. The molecule has 3 heteroatoms. The lowest BCUT2D eigenvalue weighted by molar-refractivity contribution is -0.127. The van der Waals surface area contributed by atoms with E-state index in [2.05, 4.69) is 36.5 Å². The first-order valence-electron chi connectivity index (χ1n) is 6.30. The Labute approximate surface area is 103 Å². The number of anilines is 1. The average molecular weight is 232 g/mol. The molecule has 0 unspecified atom stereocenters. The quantitative estimate of drug-likeness (QED) is 0.867. The smallest absolute Gasteiger partial charge is 0.219 e. The van der Waals surface area contributed by atoms with Gasteiger partial charge in [-0.2, -0.15) is 0 Å². The van der Waals surface area contributed by atoms with Crippen LogP contribution in [0.3, 0.4) is 0 Å². The molecule has 1 amide bonds. The molecule has 1 aliphatic rings. The van der Waals surface area contributed by atoms with Gasteiger partial charge in [0.1, 0.15) is 0 Å². The van der Waals surface area contributed by atoms with Crippen LogP contribution < -0.4 is 5.32 Å². The van der Waals surface area contributed by atoms with E-state index in [0.717, 1.165) is 25.9 Å². The summed E-state index contributed by atoms with van der Waals surface area (Å²) < 4.78 is 0. The van der Waals surface area contributed by atoms with E-state index in [4.69, 9.17) is 0 Å². The number of aryl methyl sites for hydroxylation is 1. The normalized spacial score (nSPS) is 19.4. The molecule has 1 aromatic rings. The molecule has 1 fully saturated rings. The Bertz CT molecular complexity index is 403. The average Bonchev–Trinajstić information content (AvgIpc) is 2.78. The number of nitrogens with one attached hydrogen (secondary N) is 1. The van der Waals surface area contributed by atoms with E-state index >= 15 is 0 Å². The number of benzene rings is 1. The van der Waals surface area contributed by atoms with Crippen molar-refractivity contribution in [1.29, 1.82) is 0 Å². The van der Waals surface area contributed by atoms with Crippen LogP contribution in [0.2, 0.25) is 0 Å². The van der Waals surface area contributed by atoms with Gasteiger partial charge in [-0.15, -0.1) is 0 Å². The fourth-order valence-electron chi connectivity index (χ4n) is 2.28. The molecule has 0 radical (unpaired) electrons. The number of carbonyl (C=O) groups is 1. The van der Waals surface area contributed by atoms with E-state index in [1.54, 1.807) is 6.92 Å². The van der Waals surface area contributed by atoms with Gasteiger partial charge >= 0.3 is 0 Å². The van der Waals surface area contributed by atoms with Crippen LogP contribution in [0.5, 0.6) is 0 Å². The Morgan fingerprint density at radius 1 is 1.53 bits per heavy atom. The highest BCUT2D eigenvalue weighted by Crippen LogP contribution is 2.17. The van der Waals surface area contributed by atoms with Gasteiger partial charge in [-0.1, -0.05) is 19.1 Å². The van der Waals surface area contributed by atoms with Gasteiger partial charge in [0.15, 0.2) is 0 Å². The van der Waals surface area contributed by atoms with E-state index < -0.39 is 0 Å². The molecule has 3 nitrogen and oxygen atoms in total. The van der Waals surface area contributed by atoms with Crippen molar-refractivity contribution < 1.29 is 4.79 Å². The summed E-state index contributed by atoms with van der Waals surface area (Å²) in [5.74, 6) is 0.177. The van der Waals surface area contributed by atoms with Gasteiger partial charge in [0.05, 0.1) is 0 Å². The van der Waals surface area contributed by atoms with Crippen LogP contribution in [0.25, 0.3) is 0 Å².